The molecule has 0 unspecified atom stereocenters. The van der Waals surface area contributed by atoms with Crippen molar-refractivity contribution in [3.05, 3.63) is 64.3 Å². The minimum Gasteiger partial charge on any atom is -0.478 e. The summed E-state index contributed by atoms with van der Waals surface area (Å²) in [5, 5.41) is 23.0. The van der Waals surface area contributed by atoms with Crippen LogP contribution in [0, 0.1) is 11.3 Å². The van der Waals surface area contributed by atoms with Gasteiger partial charge in [-0.15, -0.1) is 0 Å². The highest BCUT2D eigenvalue weighted by Crippen LogP contribution is 2.32. The molecule has 0 fully saturated rings. The van der Waals surface area contributed by atoms with E-state index in [9.17, 15) is 10.1 Å². The number of anilines is 2. The van der Waals surface area contributed by atoms with E-state index in [2.05, 4.69) is 32.3 Å². The van der Waals surface area contributed by atoms with Gasteiger partial charge in [-0.1, -0.05) is 18.2 Å². The molecule has 0 saturated carbocycles. The Morgan fingerprint density at radius 3 is 2.78 bits per heavy atom. The second-order valence-electron chi connectivity index (χ2n) is 4.81. The Morgan fingerprint density at radius 1 is 1.26 bits per heavy atom. The second kappa shape index (κ2) is 6.07. The van der Waals surface area contributed by atoms with Gasteiger partial charge in [-0.05, 0) is 40.2 Å². The maximum Gasteiger partial charge on any atom is 0.335 e. The summed E-state index contributed by atoms with van der Waals surface area (Å²) < 4.78 is 0.787. The monoisotopic (exact) mass is 367 g/mol. The molecular weight excluding hydrogens is 358 g/mol. The number of nitrogens with one attached hydrogen (secondary N) is 1. The van der Waals surface area contributed by atoms with Crippen LogP contribution in [0.3, 0.4) is 0 Å². The smallest absolute Gasteiger partial charge is 0.335 e. The number of pyridine rings is 1. The first-order chi connectivity index (χ1) is 11.1. The highest BCUT2D eigenvalue weighted by molar-refractivity contribution is 9.10. The van der Waals surface area contributed by atoms with Gasteiger partial charge < -0.3 is 10.4 Å². The highest BCUT2D eigenvalue weighted by atomic mass is 79.9. The van der Waals surface area contributed by atoms with E-state index in [-0.39, 0.29) is 5.56 Å². The Morgan fingerprint density at radius 2 is 2.04 bits per heavy atom. The van der Waals surface area contributed by atoms with Crippen molar-refractivity contribution in [2.75, 3.05) is 5.32 Å². The first-order valence-electron chi connectivity index (χ1n) is 6.68. The van der Waals surface area contributed by atoms with Crippen molar-refractivity contribution in [3.8, 4) is 6.07 Å². The molecule has 0 aliphatic rings. The summed E-state index contributed by atoms with van der Waals surface area (Å²) in [6.07, 6.45) is 1.65. The predicted molar refractivity (Wildman–Crippen MR) is 90.8 cm³/mol. The third kappa shape index (κ3) is 2.87. The van der Waals surface area contributed by atoms with Crippen molar-refractivity contribution in [2.24, 2.45) is 0 Å². The summed E-state index contributed by atoms with van der Waals surface area (Å²) in [7, 11) is 0. The van der Waals surface area contributed by atoms with Crippen LogP contribution < -0.4 is 5.32 Å². The van der Waals surface area contributed by atoms with E-state index in [1.807, 2.05) is 6.07 Å². The molecule has 0 amide bonds. The summed E-state index contributed by atoms with van der Waals surface area (Å²) in [5.74, 6) is -0.497. The molecule has 2 N–H and O–H groups in total. The van der Waals surface area contributed by atoms with E-state index in [1.54, 1.807) is 30.5 Å². The van der Waals surface area contributed by atoms with Gasteiger partial charge in [0.1, 0.15) is 5.82 Å². The lowest BCUT2D eigenvalue weighted by Crippen LogP contribution is -2.00. The number of carbonyl (C=O) groups is 1. The quantitative estimate of drug-likeness (QED) is 0.720. The van der Waals surface area contributed by atoms with E-state index in [1.165, 1.54) is 12.1 Å². The number of aromatic nitrogens is 1. The maximum absolute atomic E-state index is 11.1. The van der Waals surface area contributed by atoms with Crippen LogP contribution >= 0.6 is 15.9 Å². The van der Waals surface area contributed by atoms with Crippen molar-refractivity contribution < 1.29 is 9.90 Å². The van der Waals surface area contributed by atoms with Crippen LogP contribution in [0.2, 0.25) is 0 Å². The second-order valence-corrected chi connectivity index (χ2v) is 5.66. The molecule has 3 aromatic rings. The van der Waals surface area contributed by atoms with Crippen molar-refractivity contribution in [1.82, 2.24) is 4.98 Å². The lowest BCUT2D eigenvalue weighted by Gasteiger charge is -2.11. The topological polar surface area (TPSA) is 86.0 Å². The van der Waals surface area contributed by atoms with Gasteiger partial charge >= 0.3 is 5.97 Å². The van der Waals surface area contributed by atoms with Gasteiger partial charge in [0.15, 0.2) is 0 Å². The van der Waals surface area contributed by atoms with Crippen LogP contribution in [0.25, 0.3) is 10.8 Å². The number of benzene rings is 2. The summed E-state index contributed by atoms with van der Waals surface area (Å²) in [4.78, 5) is 15.4. The van der Waals surface area contributed by atoms with Crippen LogP contribution in [0.4, 0.5) is 11.5 Å². The van der Waals surface area contributed by atoms with E-state index >= 15 is 0 Å². The number of halogens is 1. The largest absolute Gasteiger partial charge is 0.478 e. The zero-order valence-electron chi connectivity index (χ0n) is 11.7. The molecule has 0 radical (unpaired) electrons. The fraction of sp³-hybridized carbons (Fsp3) is 0. The highest BCUT2D eigenvalue weighted by Gasteiger charge is 2.11. The maximum atomic E-state index is 11.1. The summed E-state index contributed by atoms with van der Waals surface area (Å²) in [6, 6.07) is 14.0. The lowest BCUT2D eigenvalue weighted by molar-refractivity contribution is 0.0697. The number of carboxylic acids is 1. The fourth-order valence-electron chi connectivity index (χ4n) is 2.32. The third-order valence-corrected chi connectivity index (χ3v) is 3.99. The molecule has 0 atom stereocenters. The van der Waals surface area contributed by atoms with Crippen molar-refractivity contribution >= 4 is 44.2 Å². The summed E-state index contributed by atoms with van der Waals surface area (Å²) in [5.41, 5.74) is 1.26. The molecule has 1 aromatic heterocycles. The Kier molecular flexibility index (Phi) is 3.96. The van der Waals surface area contributed by atoms with Crippen LogP contribution in [-0.2, 0) is 0 Å². The number of rotatable bonds is 3. The van der Waals surface area contributed by atoms with Crippen LogP contribution in [0.5, 0.6) is 0 Å². The minimum atomic E-state index is -1.00. The Labute approximate surface area is 140 Å². The number of carboxylic acid groups (broad SMARTS) is 1. The fourth-order valence-corrected chi connectivity index (χ4v) is 2.75. The SMILES string of the molecule is N#Cc1cccc2c(Br)cnc(Nc3cccc(C(=O)O)c3)c12. The van der Waals surface area contributed by atoms with Gasteiger partial charge in [-0.2, -0.15) is 5.26 Å². The lowest BCUT2D eigenvalue weighted by atomic mass is 10.1. The van der Waals surface area contributed by atoms with Gasteiger partial charge in [-0.3, -0.25) is 0 Å². The standard InChI is InChI=1S/C17H10BrN3O2/c18-14-9-20-16(15-11(8-19)4-2-6-13(14)15)21-12-5-1-3-10(7-12)17(22)23/h1-7,9H,(H,20,21)(H,22,23). The van der Waals surface area contributed by atoms with Crippen molar-refractivity contribution in [1.29, 1.82) is 5.26 Å². The van der Waals surface area contributed by atoms with Crippen molar-refractivity contribution in [2.45, 2.75) is 0 Å². The van der Waals surface area contributed by atoms with Crippen molar-refractivity contribution in [3.63, 3.8) is 0 Å². The van der Waals surface area contributed by atoms with Gasteiger partial charge in [0.05, 0.1) is 17.2 Å². The normalized spacial score (nSPS) is 10.3. The van der Waals surface area contributed by atoms with E-state index < -0.39 is 5.97 Å². The number of nitrogens with zero attached hydrogens (tertiary/aromatic N) is 2. The summed E-state index contributed by atoms with van der Waals surface area (Å²) in [6.45, 7) is 0. The molecule has 112 valence electrons. The number of hydrogen-bond acceptors (Lipinski definition) is 4. The minimum absolute atomic E-state index is 0.178. The van der Waals surface area contributed by atoms with E-state index in [0.717, 1.165) is 9.86 Å². The van der Waals surface area contributed by atoms with E-state index in [0.29, 0.717) is 22.5 Å². The molecule has 0 aliphatic heterocycles. The average Bonchev–Trinajstić information content (AvgIpc) is 2.57. The van der Waals surface area contributed by atoms with Crippen LogP contribution in [-0.4, -0.2) is 16.1 Å². The molecular formula is C17H10BrN3O2. The molecule has 5 nitrogen and oxygen atoms in total. The van der Waals surface area contributed by atoms with E-state index in [4.69, 9.17) is 5.11 Å². The number of hydrogen-bond donors (Lipinski definition) is 2. The first-order valence-corrected chi connectivity index (χ1v) is 7.47. The van der Waals surface area contributed by atoms with Crippen LogP contribution in [0.1, 0.15) is 15.9 Å². The molecule has 3 rings (SSSR count). The van der Waals surface area contributed by atoms with Gasteiger partial charge in [0, 0.05) is 27.1 Å². The Balaban J connectivity index is 2.14. The molecule has 2 aromatic carbocycles. The molecule has 0 spiro atoms. The Bertz CT molecular complexity index is 964. The molecule has 23 heavy (non-hydrogen) atoms. The summed E-state index contributed by atoms with van der Waals surface area (Å²) >= 11 is 3.43. The van der Waals surface area contributed by atoms with Gasteiger partial charge in [0.2, 0.25) is 0 Å². The first kappa shape index (κ1) is 15.0. The molecule has 0 aliphatic carbocycles. The number of nitriles is 1. The molecule has 0 bridgehead atoms. The van der Waals surface area contributed by atoms with Gasteiger partial charge in [-0.25, -0.2) is 9.78 Å². The number of aromatic carboxylic acids is 1. The molecule has 1 heterocycles. The molecule has 6 heteroatoms. The third-order valence-electron chi connectivity index (χ3n) is 3.36. The average molecular weight is 368 g/mol. The van der Waals surface area contributed by atoms with Gasteiger partial charge in [0.25, 0.3) is 0 Å². The Hall–Kier alpha value is -2.91. The van der Waals surface area contributed by atoms with Crippen LogP contribution in [0.15, 0.2) is 53.1 Å². The molecule has 0 saturated heterocycles. The number of fused-ring (bicyclic) bond motifs is 1. The zero-order chi connectivity index (χ0) is 16.4. The zero-order valence-corrected chi connectivity index (χ0v) is 13.3. The predicted octanol–water partition coefficient (Wildman–Crippen LogP) is 4.31.